The Bertz CT molecular complexity index is 2470. The van der Waals surface area contributed by atoms with Crippen LogP contribution in [0.5, 0.6) is 0 Å². The second kappa shape index (κ2) is 11.6. The Balaban J connectivity index is 1.54. The van der Waals surface area contributed by atoms with Crippen LogP contribution in [0.1, 0.15) is 11.1 Å². The molecule has 220 valence electrons. The Morgan fingerprint density at radius 2 is 0.809 bits per heavy atom. The van der Waals surface area contributed by atoms with Crippen molar-refractivity contribution in [3.05, 3.63) is 169 Å². The van der Waals surface area contributed by atoms with Crippen LogP contribution in [0.3, 0.4) is 0 Å². The topological polar surface area (TPSA) is 67.2 Å². The molecule has 0 saturated heterocycles. The van der Waals surface area contributed by atoms with E-state index >= 15 is 0 Å². The third kappa shape index (κ3) is 4.71. The SMILES string of the molecule is N#Cc1ccc(N(c2ccccc2)c2c3ccccc3c(N(c3ccccc3)c3ccc(C#N)cc3)c3c2oc2ccccc23)cc1. The first-order valence-corrected chi connectivity index (χ1v) is 15.3. The minimum absolute atomic E-state index is 0.594. The lowest BCUT2D eigenvalue weighted by Crippen LogP contribution is -2.14. The van der Waals surface area contributed by atoms with Gasteiger partial charge >= 0.3 is 0 Å². The summed E-state index contributed by atoms with van der Waals surface area (Å²) in [7, 11) is 0. The summed E-state index contributed by atoms with van der Waals surface area (Å²) in [5.74, 6) is 0. The van der Waals surface area contributed by atoms with Crippen LogP contribution in [0.2, 0.25) is 0 Å². The molecule has 0 amide bonds. The molecule has 0 aliphatic carbocycles. The average Bonchev–Trinajstić information content (AvgIpc) is 3.53. The molecule has 0 unspecified atom stereocenters. The van der Waals surface area contributed by atoms with E-state index in [0.717, 1.165) is 66.8 Å². The molecule has 0 aliphatic heterocycles. The summed E-state index contributed by atoms with van der Waals surface area (Å²) >= 11 is 0. The first-order chi connectivity index (χ1) is 23.2. The summed E-state index contributed by atoms with van der Waals surface area (Å²) < 4.78 is 6.90. The maximum Gasteiger partial charge on any atom is 0.162 e. The molecule has 0 radical (unpaired) electrons. The van der Waals surface area contributed by atoms with Crippen LogP contribution in [0, 0.1) is 22.7 Å². The van der Waals surface area contributed by atoms with Gasteiger partial charge in [-0.3, -0.25) is 0 Å². The van der Waals surface area contributed by atoms with Gasteiger partial charge in [0.25, 0.3) is 0 Å². The number of nitriles is 2. The van der Waals surface area contributed by atoms with Crippen LogP contribution in [0.25, 0.3) is 32.7 Å². The summed E-state index contributed by atoms with van der Waals surface area (Å²) in [5.41, 5.74) is 8.36. The molecule has 8 aromatic rings. The van der Waals surface area contributed by atoms with Crippen LogP contribution >= 0.6 is 0 Å². The number of nitrogens with zero attached hydrogens (tertiary/aromatic N) is 4. The van der Waals surface area contributed by atoms with Crippen molar-refractivity contribution in [2.45, 2.75) is 0 Å². The Labute approximate surface area is 272 Å². The van der Waals surface area contributed by atoms with Crippen molar-refractivity contribution in [2.24, 2.45) is 0 Å². The third-order valence-electron chi connectivity index (χ3n) is 8.47. The summed E-state index contributed by atoms with van der Waals surface area (Å²) in [6, 6.07) is 57.0. The van der Waals surface area contributed by atoms with E-state index in [2.05, 4.69) is 76.5 Å². The Kier molecular flexibility index (Phi) is 6.84. The van der Waals surface area contributed by atoms with Crippen molar-refractivity contribution in [1.82, 2.24) is 0 Å². The maximum atomic E-state index is 9.58. The van der Waals surface area contributed by atoms with Crippen LogP contribution in [0.4, 0.5) is 34.1 Å². The zero-order valence-corrected chi connectivity index (χ0v) is 25.2. The first-order valence-electron chi connectivity index (χ1n) is 15.3. The van der Waals surface area contributed by atoms with E-state index in [0.29, 0.717) is 11.1 Å². The molecule has 1 heterocycles. The van der Waals surface area contributed by atoms with Crippen molar-refractivity contribution in [3.63, 3.8) is 0 Å². The summed E-state index contributed by atoms with van der Waals surface area (Å²) in [4.78, 5) is 4.47. The van der Waals surface area contributed by atoms with E-state index in [1.807, 2.05) is 103 Å². The van der Waals surface area contributed by atoms with Gasteiger partial charge in [-0.2, -0.15) is 10.5 Å². The van der Waals surface area contributed by atoms with Crippen molar-refractivity contribution in [3.8, 4) is 12.1 Å². The highest BCUT2D eigenvalue weighted by Crippen LogP contribution is 2.53. The van der Waals surface area contributed by atoms with E-state index in [-0.39, 0.29) is 0 Å². The molecule has 47 heavy (non-hydrogen) atoms. The summed E-state index contributed by atoms with van der Waals surface area (Å²) in [6.07, 6.45) is 0. The molecule has 5 heteroatoms. The monoisotopic (exact) mass is 602 g/mol. The minimum atomic E-state index is 0.594. The molecule has 0 bridgehead atoms. The second-order valence-corrected chi connectivity index (χ2v) is 11.2. The summed E-state index contributed by atoms with van der Waals surface area (Å²) in [5, 5.41) is 23.1. The number of anilines is 6. The predicted molar refractivity (Wildman–Crippen MR) is 190 cm³/mol. The molecule has 0 atom stereocenters. The van der Waals surface area contributed by atoms with Gasteiger partial charge in [0, 0.05) is 38.9 Å². The average molecular weight is 603 g/mol. The second-order valence-electron chi connectivity index (χ2n) is 11.2. The van der Waals surface area contributed by atoms with E-state index in [9.17, 15) is 10.5 Å². The number of hydrogen-bond acceptors (Lipinski definition) is 5. The van der Waals surface area contributed by atoms with Crippen LogP contribution in [-0.2, 0) is 0 Å². The number of fused-ring (bicyclic) bond motifs is 4. The Morgan fingerprint density at radius 3 is 1.32 bits per heavy atom. The van der Waals surface area contributed by atoms with E-state index in [1.54, 1.807) is 0 Å². The zero-order chi connectivity index (χ0) is 31.7. The highest BCUT2D eigenvalue weighted by molar-refractivity contribution is 6.28. The van der Waals surface area contributed by atoms with Gasteiger partial charge in [-0.15, -0.1) is 0 Å². The molecule has 0 saturated carbocycles. The van der Waals surface area contributed by atoms with E-state index in [1.165, 1.54) is 0 Å². The predicted octanol–water partition coefficient (Wildman–Crippen LogP) is 11.4. The molecular weight excluding hydrogens is 576 g/mol. The lowest BCUT2D eigenvalue weighted by atomic mass is 9.97. The first kappa shape index (κ1) is 27.7. The highest BCUT2D eigenvalue weighted by atomic mass is 16.3. The van der Waals surface area contributed by atoms with Crippen molar-refractivity contribution in [2.75, 3.05) is 9.80 Å². The molecule has 0 spiro atoms. The van der Waals surface area contributed by atoms with Crippen molar-refractivity contribution < 1.29 is 4.42 Å². The van der Waals surface area contributed by atoms with Crippen LogP contribution in [-0.4, -0.2) is 0 Å². The molecular formula is C42H26N4O. The molecule has 8 rings (SSSR count). The van der Waals surface area contributed by atoms with Gasteiger partial charge in [-0.25, -0.2) is 0 Å². The maximum absolute atomic E-state index is 9.58. The van der Waals surface area contributed by atoms with E-state index in [4.69, 9.17) is 4.42 Å². The fourth-order valence-corrected chi connectivity index (χ4v) is 6.39. The molecule has 5 nitrogen and oxygen atoms in total. The van der Waals surface area contributed by atoms with Gasteiger partial charge in [0.15, 0.2) is 5.58 Å². The van der Waals surface area contributed by atoms with E-state index < -0.39 is 0 Å². The fraction of sp³-hybridized carbons (Fsp3) is 0. The Morgan fingerprint density at radius 1 is 0.404 bits per heavy atom. The largest absolute Gasteiger partial charge is 0.454 e. The number of benzene rings is 7. The van der Waals surface area contributed by atoms with Crippen molar-refractivity contribution in [1.29, 1.82) is 10.5 Å². The van der Waals surface area contributed by atoms with Gasteiger partial charge in [-0.05, 0) is 78.9 Å². The number of hydrogen-bond donors (Lipinski definition) is 0. The molecule has 1 aromatic heterocycles. The van der Waals surface area contributed by atoms with Gasteiger partial charge in [0.05, 0.1) is 40.0 Å². The standard InChI is InChI=1S/C42H26N4O/c43-27-29-19-23-33(24-20-29)45(31-11-3-1-4-12-31)40-35-15-7-8-16-36(35)41(42-39(40)37-17-9-10-18-38(37)47-42)46(32-13-5-2-6-14-32)34-25-21-30(28-44)22-26-34/h1-26H. The smallest absolute Gasteiger partial charge is 0.162 e. The van der Waals surface area contributed by atoms with Crippen LogP contribution < -0.4 is 9.80 Å². The van der Waals surface area contributed by atoms with Crippen molar-refractivity contribution >= 4 is 66.8 Å². The number of para-hydroxylation sites is 3. The normalized spacial score (nSPS) is 10.9. The van der Waals surface area contributed by atoms with Gasteiger partial charge in [0.1, 0.15) is 5.58 Å². The highest BCUT2D eigenvalue weighted by Gasteiger charge is 2.29. The lowest BCUT2D eigenvalue weighted by Gasteiger charge is -2.31. The quantitative estimate of drug-likeness (QED) is 0.177. The van der Waals surface area contributed by atoms with Gasteiger partial charge in [-0.1, -0.05) is 78.9 Å². The zero-order valence-electron chi connectivity index (χ0n) is 25.2. The minimum Gasteiger partial charge on any atom is -0.454 e. The third-order valence-corrected chi connectivity index (χ3v) is 8.47. The number of furan rings is 1. The Hall–Kier alpha value is -6.82. The molecule has 0 N–H and O–H groups in total. The molecule has 7 aromatic carbocycles. The van der Waals surface area contributed by atoms with Gasteiger partial charge in [0.2, 0.25) is 0 Å². The van der Waals surface area contributed by atoms with Gasteiger partial charge < -0.3 is 14.2 Å². The fourth-order valence-electron chi connectivity index (χ4n) is 6.39. The lowest BCUT2D eigenvalue weighted by molar-refractivity contribution is 0.669. The van der Waals surface area contributed by atoms with Crippen LogP contribution in [0.15, 0.2) is 162 Å². The molecule has 0 aliphatic rings. The molecule has 0 fully saturated rings. The summed E-state index contributed by atoms with van der Waals surface area (Å²) in [6.45, 7) is 0. The number of rotatable bonds is 6.